The van der Waals surface area contributed by atoms with Crippen LogP contribution in [0.5, 0.6) is 0 Å². The van der Waals surface area contributed by atoms with Crippen LogP contribution >= 0.6 is 11.3 Å². The Balaban J connectivity index is 1.65. The Morgan fingerprint density at radius 2 is 2.15 bits per heavy atom. The minimum atomic E-state index is -1.08. The average Bonchev–Trinajstić information content (AvgIpc) is 3.31. The maximum Gasteiger partial charge on any atom is 0.273 e. The Morgan fingerprint density at radius 3 is 2.85 bits per heavy atom. The molecule has 2 N–H and O–H groups in total. The lowest BCUT2D eigenvalue weighted by Gasteiger charge is -2.14. The molecule has 0 saturated heterocycles. The van der Waals surface area contributed by atoms with E-state index in [1.165, 1.54) is 23.0 Å². The van der Waals surface area contributed by atoms with Gasteiger partial charge in [0.05, 0.1) is 18.8 Å². The average molecular weight is 374 g/mol. The van der Waals surface area contributed by atoms with Crippen LogP contribution in [0.15, 0.2) is 48.0 Å². The zero-order valence-electron chi connectivity index (χ0n) is 14.2. The second-order valence-electron chi connectivity index (χ2n) is 5.81. The third-order valence-electron chi connectivity index (χ3n) is 4.00. The van der Waals surface area contributed by atoms with Gasteiger partial charge in [-0.3, -0.25) is 4.79 Å². The minimum absolute atomic E-state index is 0.00332. The van der Waals surface area contributed by atoms with Crippen LogP contribution in [0.3, 0.4) is 0 Å². The third kappa shape index (κ3) is 4.14. The number of halogens is 1. The highest BCUT2D eigenvalue weighted by Gasteiger charge is 2.19. The topological polar surface area (TPSA) is 80.0 Å². The summed E-state index contributed by atoms with van der Waals surface area (Å²) < 4.78 is 15.1. The van der Waals surface area contributed by atoms with E-state index in [1.807, 2.05) is 24.4 Å². The quantitative estimate of drug-likeness (QED) is 0.666. The van der Waals surface area contributed by atoms with E-state index in [9.17, 15) is 14.3 Å². The molecule has 0 aliphatic heterocycles. The molecule has 2 heterocycles. The molecule has 136 valence electrons. The van der Waals surface area contributed by atoms with Gasteiger partial charge in [0, 0.05) is 10.4 Å². The van der Waals surface area contributed by atoms with Crippen LogP contribution in [0.2, 0.25) is 0 Å². The molecule has 0 saturated carbocycles. The number of thiophene rings is 1. The van der Waals surface area contributed by atoms with E-state index >= 15 is 0 Å². The Bertz CT molecular complexity index is 866. The van der Waals surface area contributed by atoms with Gasteiger partial charge in [0.1, 0.15) is 11.9 Å². The number of carbonyl (C=O) groups is 1. The molecular formula is C18H19FN4O2S. The highest BCUT2D eigenvalue weighted by molar-refractivity contribution is 7.10. The summed E-state index contributed by atoms with van der Waals surface area (Å²) in [6.45, 7) is 2.00. The molecule has 0 bridgehead atoms. The van der Waals surface area contributed by atoms with Crippen molar-refractivity contribution in [1.29, 1.82) is 0 Å². The lowest BCUT2D eigenvalue weighted by Crippen LogP contribution is -2.27. The van der Waals surface area contributed by atoms with E-state index in [0.717, 1.165) is 11.3 Å². The molecular weight excluding hydrogens is 355 g/mol. The van der Waals surface area contributed by atoms with E-state index in [1.54, 1.807) is 23.5 Å². The van der Waals surface area contributed by atoms with Gasteiger partial charge in [-0.2, -0.15) is 0 Å². The van der Waals surface area contributed by atoms with Gasteiger partial charge in [-0.1, -0.05) is 36.4 Å². The smallest absolute Gasteiger partial charge is 0.273 e. The first-order chi connectivity index (χ1) is 12.6. The summed E-state index contributed by atoms with van der Waals surface area (Å²) in [7, 11) is 0. The van der Waals surface area contributed by atoms with Crippen molar-refractivity contribution in [1.82, 2.24) is 20.3 Å². The molecule has 2 aromatic heterocycles. The molecule has 1 amide bonds. The summed E-state index contributed by atoms with van der Waals surface area (Å²) in [5.74, 6) is -0.823. The fourth-order valence-corrected chi connectivity index (χ4v) is 3.47. The molecule has 2 unspecified atom stereocenters. The first kappa shape index (κ1) is 18.2. The number of aliphatic hydroxyl groups is 1. The van der Waals surface area contributed by atoms with E-state index in [4.69, 9.17) is 0 Å². The number of amides is 1. The Morgan fingerprint density at radius 1 is 1.35 bits per heavy atom. The van der Waals surface area contributed by atoms with Crippen molar-refractivity contribution < 1.29 is 14.3 Å². The molecule has 2 atom stereocenters. The fourth-order valence-electron chi connectivity index (χ4n) is 2.61. The van der Waals surface area contributed by atoms with Crippen LogP contribution in [0.4, 0.5) is 4.39 Å². The number of hydrogen-bond acceptors (Lipinski definition) is 5. The van der Waals surface area contributed by atoms with Gasteiger partial charge in [0.15, 0.2) is 5.69 Å². The maximum atomic E-state index is 13.7. The molecule has 8 heteroatoms. The number of carbonyl (C=O) groups excluding carboxylic acids is 1. The third-order valence-corrected chi connectivity index (χ3v) is 4.98. The maximum absolute atomic E-state index is 13.7. The van der Waals surface area contributed by atoms with Gasteiger partial charge >= 0.3 is 0 Å². The van der Waals surface area contributed by atoms with Crippen LogP contribution in [0, 0.1) is 5.82 Å². The number of rotatable bonds is 7. The molecule has 3 aromatic rings. The molecule has 0 fully saturated rings. The van der Waals surface area contributed by atoms with Gasteiger partial charge in [-0.25, -0.2) is 9.07 Å². The van der Waals surface area contributed by atoms with Crippen molar-refractivity contribution in [3.63, 3.8) is 0 Å². The number of nitrogens with one attached hydrogen (secondary N) is 1. The summed E-state index contributed by atoms with van der Waals surface area (Å²) in [5.41, 5.74) is 0.332. The second-order valence-corrected chi connectivity index (χ2v) is 6.79. The first-order valence-electron chi connectivity index (χ1n) is 8.25. The number of aromatic nitrogens is 3. The summed E-state index contributed by atoms with van der Waals surface area (Å²) >= 11 is 1.58. The molecule has 0 aliphatic rings. The highest BCUT2D eigenvalue weighted by atomic mass is 32.1. The van der Waals surface area contributed by atoms with E-state index in [0.29, 0.717) is 0 Å². The molecule has 1 aromatic carbocycles. The number of hydrogen-bond donors (Lipinski definition) is 2. The largest absolute Gasteiger partial charge is 0.386 e. The molecule has 6 nitrogen and oxygen atoms in total. The van der Waals surface area contributed by atoms with E-state index in [-0.39, 0.29) is 29.8 Å². The molecule has 0 radical (unpaired) electrons. The fraction of sp³-hybridized carbons (Fsp3) is 0.278. The van der Waals surface area contributed by atoms with Crippen molar-refractivity contribution >= 4 is 17.2 Å². The van der Waals surface area contributed by atoms with Gasteiger partial charge in [0.25, 0.3) is 5.91 Å². The zero-order valence-corrected chi connectivity index (χ0v) is 15.0. The van der Waals surface area contributed by atoms with Gasteiger partial charge in [0.2, 0.25) is 0 Å². The van der Waals surface area contributed by atoms with Crippen LogP contribution in [-0.2, 0) is 6.54 Å². The minimum Gasteiger partial charge on any atom is -0.386 e. The summed E-state index contributed by atoms with van der Waals surface area (Å²) in [6, 6.07) is 9.83. The predicted molar refractivity (Wildman–Crippen MR) is 96.2 cm³/mol. The molecule has 3 rings (SSSR count). The van der Waals surface area contributed by atoms with Crippen LogP contribution < -0.4 is 5.32 Å². The summed E-state index contributed by atoms with van der Waals surface area (Å²) in [6.07, 6.45) is 1.12. The monoisotopic (exact) mass is 374 g/mol. The summed E-state index contributed by atoms with van der Waals surface area (Å²) in [4.78, 5) is 13.5. The Hall–Kier alpha value is -2.58. The predicted octanol–water partition coefficient (Wildman–Crippen LogP) is 3.09. The summed E-state index contributed by atoms with van der Waals surface area (Å²) in [5, 5.41) is 22.8. The lowest BCUT2D eigenvalue weighted by molar-refractivity contribution is 0.0931. The first-order valence-corrected chi connectivity index (χ1v) is 9.13. The number of nitrogens with zero attached hydrogens (tertiary/aromatic N) is 3. The zero-order chi connectivity index (χ0) is 18.5. The molecule has 26 heavy (non-hydrogen) atoms. The highest BCUT2D eigenvalue weighted by Crippen LogP contribution is 2.22. The van der Waals surface area contributed by atoms with Gasteiger partial charge in [-0.15, -0.1) is 16.4 Å². The van der Waals surface area contributed by atoms with Gasteiger partial charge in [-0.05, 0) is 23.9 Å². The van der Waals surface area contributed by atoms with Crippen LogP contribution in [0.25, 0.3) is 0 Å². The second kappa shape index (κ2) is 8.20. The van der Waals surface area contributed by atoms with E-state index in [2.05, 4.69) is 15.6 Å². The van der Waals surface area contributed by atoms with Crippen LogP contribution in [-0.4, -0.2) is 26.0 Å². The number of benzene rings is 1. The number of aliphatic hydroxyl groups excluding tert-OH is 1. The van der Waals surface area contributed by atoms with E-state index < -0.39 is 11.9 Å². The van der Waals surface area contributed by atoms with Gasteiger partial charge < -0.3 is 10.4 Å². The molecule has 0 spiro atoms. The van der Waals surface area contributed by atoms with Crippen molar-refractivity contribution in [2.24, 2.45) is 0 Å². The van der Waals surface area contributed by atoms with Crippen molar-refractivity contribution in [2.45, 2.75) is 32.0 Å². The Kier molecular flexibility index (Phi) is 5.75. The van der Waals surface area contributed by atoms with Crippen molar-refractivity contribution in [3.05, 3.63) is 69.9 Å². The van der Waals surface area contributed by atoms with Crippen LogP contribution in [0.1, 0.15) is 46.4 Å². The van der Waals surface area contributed by atoms with Crippen molar-refractivity contribution in [2.75, 3.05) is 0 Å². The standard InChI is InChI=1S/C18H19FN4O2S/c1-2-14(17-8-5-9-26-17)20-18(25)15-10-23(22-21-15)11-16(24)12-6-3-4-7-13(12)19/h3-10,14,16,24H,2,11H2,1H3,(H,20,25). The lowest BCUT2D eigenvalue weighted by atomic mass is 10.1. The Labute approximate surface area is 154 Å². The SMILES string of the molecule is CCC(NC(=O)c1cn(CC(O)c2ccccc2F)nn1)c1cccs1. The molecule has 0 aliphatic carbocycles. The normalized spacial score (nSPS) is 13.3. The van der Waals surface area contributed by atoms with Crippen molar-refractivity contribution in [3.8, 4) is 0 Å².